The topological polar surface area (TPSA) is 60.2 Å². The lowest BCUT2D eigenvalue weighted by atomic mass is 10.1. The van der Waals surface area contributed by atoms with E-state index in [-0.39, 0.29) is 0 Å². The summed E-state index contributed by atoms with van der Waals surface area (Å²) in [5.41, 5.74) is 2.24. The van der Waals surface area contributed by atoms with E-state index in [1.54, 1.807) is 21.0 Å². The predicted octanol–water partition coefficient (Wildman–Crippen LogP) is 4.11. The van der Waals surface area contributed by atoms with Gasteiger partial charge in [-0.3, -0.25) is 4.57 Å². The van der Waals surface area contributed by atoms with E-state index in [2.05, 4.69) is 29.3 Å². The van der Waals surface area contributed by atoms with Crippen LogP contribution in [0.4, 0.5) is 0 Å². The number of aryl methyl sites for hydroxylation is 1. The summed E-state index contributed by atoms with van der Waals surface area (Å²) in [6.07, 6.45) is 0. The van der Waals surface area contributed by atoms with Gasteiger partial charge in [0, 0.05) is 11.4 Å². The highest BCUT2D eigenvalue weighted by atomic mass is 32.2. The Labute approximate surface area is 158 Å². The van der Waals surface area contributed by atoms with Crippen molar-refractivity contribution < 1.29 is 9.84 Å². The molecule has 0 amide bonds. The number of nitrogens with zero attached hydrogens (tertiary/aromatic N) is 3. The van der Waals surface area contributed by atoms with Gasteiger partial charge >= 0.3 is 0 Å². The van der Waals surface area contributed by atoms with Gasteiger partial charge in [0.1, 0.15) is 5.75 Å². The van der Waals surface area contributed by atoms with Crippen LogP contribution in [0.1, 0.15) is 19.4 Å². The number of benzene rings is 2. The van der Waals surface area contributed by atoms with E-state index in [0.717, 1.165) is 22.2 Å². The molecule has 0 fully saturated rings. The third-order valence-corrected chi connectivity index (χ3v) is 5.20. The second kappa shape index (κ2) is 7.51. The highest BCUT2D eigenvalue weighted by Crippen LogP contribution is 2.33. The Morgan fingerprint density at radius 2 is 1.77 bits per heavy atom. The molecule has 1 N–H and O–H groups in total. The molecule has 0 unspecified atom stereocenters. The Hall–Kier alpha value is -2.31. The minimum absolute atomic E-state index is 0.517. The largest absolute Gasteiger partial charge is 0.496 e. The molecule has 5 nitrogen and oxygen atoms in total. The van der Waals surface area contributed by atoms with Crippen molar-refractivity contribution >= 4 is 11.8 Å². The average Bonchev–Trinajstić information content (AvgIpc) is 3.04. The van der Waals surface area contributed by atoms with E-state index in [9.17, 15) is 5.11 Å². The van der Waals surface area contributed by atoms with Crippen molar-refractivity contribution in [3.05, 3.63) is 54.1 Å². The first-order valence-corrected chi connectivity index (χ1v) is 9.38. The van der Waals surface area contributed by atoms with E-state index in [1.807, 2.05) is 41.0 Å². The Balaban J connectivity index is 2.13. The Morgan fingerprint density at radius 3 is 2.42 bits per heavy atom. The number of aliphatic hydroxyl groups is 1. The van der Waals surface area contributed by atoms with Crippen LogP contribution in [0.5, 0.6) is 5.75 Å². The molecule has 26 heavy (non-hydrogen) atoms. The van der Waals surface area contributed by atoms with Crippen LogP contribution in [0.2, 0.25) is 0 Å². The van der Waals surface area contributed by atoms with Crippen LogP contribution in [0, 0.1) is 6.92 Å². The first-order chi connectivity index (χ1) is 12.4. The number of ether oxygens (including phenoxy) is 1. The summed E-state index contributed by atoms with van der Waals surface area (Å²) in [4.78, 5) is 0. The molecule has 0 aliphatic rings. The normalized spacial score (nSPS) is 11.6. The molecule has 1 aromatic heterocycles. The SMILES string of the molecule is COc1ccccc1-c1nnc(SCC(C)(C)O)n1-c1ccc(C)cc1. The van der Waals surface area contributed by atoms with Gasteiger partial charge in [-0.15, -0.1) is 10.2 Å². The van der Waals surface area contributed by atoms with Crippen LogP contribution >= 0.6 is 11.8 Å². The zero-order valence-corrected chi connectivity index (χ0v) is 16.2. The van der Waals surface area contributed by atoms with E-state index < -0.39 is 5.60 Å². The molecule has 0 aliphatic carbocycles. The molecular weight excluding hydrogens is 346 g/mol. The number of hydrogen-bond donors (Lipinski definition) is 1. The molecule has 1 heterocycles. The smallest absolute Gasteiger partial charge is 0.196 e. The maximum Gasteiger partial charge on any atom is 0.196 e. The van der Waals surface area contributed by atoms with Crippen molar-refractivity contribution in [3.8, 4) is 22.8 Å². The summed E-state index contributed by atoms with van der Waals surface area (Å²) < 4.78 is 7.51. The van der Waals surface area contributed by atoms with E-state index in [1.165, 1.54) is 17.3 Å². The standard InChI is InChI=1S/C20H23N3O2S/c1-14-9-11-15(12-10-14)23-18(16-7-5-6-8-17(16)25-4)21-22-19(23)26-13-20(2,3)24/h5-12,24H,13H2,1-4H3. The monoisotopic (exact) mass is 369 g/mol. The fourth-order valence-electron chi connectivity index (χ4n) is 2.54. The number of para-hydroxylation sites is 1. The summed E-state index contributed by atoms with van der Waals surface area (Å²) in [6.45, 7) is 5.63. The van der Waals surface area contributed by atoms with Gasteiger partial charge in [-0.2, -0.15) is 0 Å². The maximum absolute atomic E-state index is 10.1. The van der Waals surface area contributed by atoms with Crippen molar-refractivity contribution in [2.45, 2.75) is 31.5 Å². The van der Waals surface area contributed by atoms with Gasteiger partial charge in [0.05, 0.1) is 18.3 Å². The number of aromatic nitrogens is 3. The molecule has 3 aromatic rings. The van der Waals surface area contributed by atoms with E-state index in [0.29, 0.717) is 11.6 Å². The maximum atomic E-state index is 10.1. The van der Waals surface area contributed by atoms with Crippen LogP contribution in [0.25, 0.3) is 17.1 Å². The van der Waals surface area contributed by atoms with Gasteiger partial charge in [0.15, 0.2) is 11.0 Å². The molecule has 0 atom stereocenters. The summed E-state index contributed by atoms with van der Waals surface area (Å²) in [5.74, 6) is 1.97. The first-order valence-electron chi connectivity index (χ1n) is 8.40. The molecule has 0 aliphatic heterocycles. The van der Waals surface area contributed by atoms with E-state index in [4.69, 9.17) is 4.74 Å². The Bertz CT molecular complexity index is 883. The van der Waals surface area contributed by atoms with Crippen molar-refractivity contribution in [1.82, 2.24) is 14.8 Å². The zero-order valence-electron chi connectivity index (χ0n) is 15.4. The molecule has 6 heteroatoms. The Kier molecular flexibility index (Phi) is 5.34. The second-order valence-electron chi connectivity index (χ2n) is 6.78. The number of methoxy groups -OCH3 is 1. The van der Waals surface area contributed by atoms with Gasteiger partial charge in [0.2, 0.25) is 0 Å². The van der Waals surface area contributed by atoms with E-state index >= 15 is 0 Å². The molecule has 0 spiro atoms. The third kappa shape index (κ3) is 4.08. The highest BCUT2D eigenvalue weighted by Gasteiger charge is 2.21. The fraction of sp³-hybridized carbons (Fsp3) is 0.300. The lowest BCUT2D eigenvalue weighted by Gasteiger charge is -2.17. The fourth-order valence-corrected chi connectivity index (χ4v) is 3.44. The van der Waals surface area contributed by atoms with Crippen LogP contribution in [-0.2, 0) is 0 Å². The van der Waals surface area contributed by atoms with Crippen LogP contribution in [0.3, 0.4) is 0 Å². The predicted molar refractivity (Wildman–Crippen MR) is 105 cm³/mol. The second-order valence-corrected chi connectivity index (χ2v) is 7.72. The molecular formula is C20H23N3O2S. The quantitative estimate of drug-likeness (QED) is 0.663. The average molecular weight is 369 g/mol. The zero-order chi connectivity index (χ0) is 18.7. The van der Waals surface area contributed by atoms with Crippen LogP contribution < -0.4 is 4.74 Å². The summed E-state index contributed by atoms with van der Waals surface area (Å²) in [7, 11) is 1.65. The lowest BCUT2D eigenvalue weighted by molar-refractivity contribution is 0.107. The molecule has 0 saturated carbocycles. The Morgan fingerprint density at radius 1 is 1.08 bits per heavy atom. The summed E-state index contributed by atoms with van der Waals surface area (Å²) >= 11 is 1.48. The molecule has 136 valence electrons. The van der Waals surface area contributed by atoms with Gasteiger partial charge in [-0.25, -0.2) is 0 Å². The first kappa shape index (κ1) is 18.5. The van der Waals surface area contributed by atoms with Gasteiger partial charge < -0.3 is 9.84 Å². The summed E-state index contributed by atoms with van der Waals surface area (Å²) in [6, 6.07) is 16.0. The number of hydrogen-bond acceptors (Lipinski definition) is 5. The molecule has 0 bridgehead atoms. The van der Waals surface area contributed by atoms with Crippen molar-refractivity contribution in [2.75, 3.05) is 12.9 Å². The molecule has 2 aromatic carbocycles. The highest BCUT2D eigenvalue weighted by molar-refractivity contribution is 7.99. The van der Waals surface area contributed by atoms with Crippen molar-refractivity contribution in [1.29, 1.82) is 0 Å². The van der Waals surface area contributed by atoms with Gasteiger partial charge in [-0.05, 0) is 45.0 Å². The van der Waals surface area contributed by atoms with Crippen LogP contribution in [-0.4, -0.2) is 38.3 Å². The minimum atomic E-state index is -0.792. The van der Waals surface area contributed by atoms with Crippen molar-refractivity contribution in [3.63, 3.8) is 0 Å². The van der Waals surface area contributed by atoms with Gasteiger partial charge in [-0.1, -0.05) is 41.6 Å². The van der Waals surface area contributed by atoms with Crippen molar-refractivity contribution in [2.24, 2.45) is 0 Å². The van der Waals surface area contributed by atoms with Gasteiger partial charge in [0.25, 0.3) is 0 Å². The molecule has 3 rings (SSSR count). The minimum Gasteiger partial charge on any atom is -0.496 e. The van der Waals surface area contributed by atoms with Crippen LogP contribution in [0.15, 0.2) is 53.7 Å². The third-order valence-electron chi connectivity index (χ3n) is 3.83. The number of thioether (sulfide) groups is 1. The molecule has 0 saturated heterocycles. The molecule has 0 radical (unpaired) electrons. The number of rotatable bonds is 6. The lowest BCUT2D eigenvalue weighted by Crippen LogP contribution is -2.22. The summed E-state index contributed by atoms with van der Waals surface area (Å²) in [5, 5.41) is 19.6.